The van der Waals surface area contributed by atoms with Crippen LogP contribution < -0.4 is 0 Å². The highest BCUT2D eigenvalue weighted by Gasteiger charge is 2.21. The van der Waals surface area contributed by atoms with Crippen LogP contribution in [-0.4, -0.2) is 9.97 Å². The quantitative estimate of drug-likeness (QED) is 0.643. The number of hydrogen-bond donors (Lipinski definition) is 0. The summed E-state index contributed by atoms with van der Waals surface area (Å²) in [5.74, 6) is 0.534. The molecular weight excluding hydrogens is 221 g/mol. The molecule has 0 aliphatic carbocycles. The summed E-state index contributed by atoms with van der Waals surface area (Å²) in [4.78, 5) is 8.05. The first-order valence-corrected chi connectivity index (χ1v) is 4.75. The van der Waals surface area contributed by atoms with Gasteiger partial charge in [0.25, 0.3) is 0 Å². The first kappa shape index (κ1) is 11.2. The largest absolute Gasteiger partial charge is 0.219 e. The molecule has 0 N–H and O–H groups in total. The Balaban J connectivity index is 3.37. The zero-order chi connectivity index (χ0) is 10.9. The Bertz CT molecular complexity index is 378. The van der Waals surface area contributed by atoms with Gasteiger partial charge in [0.15, 0.2) is 10.3 Å². The summed E-state index contributed by atoms with van der Waals surface area (Å²) < 4.78 is 0. The van der Waals surface area contributed by atoms with Crippen molar-refractivity contribution < 1.29 is 0 Å². The highest BCUT2D eigenvalue weighted by Crippen LogP contribution is 2.25. The molecule has 0 aliphatic rings. The van der Waals surface area contributed by atoms with Crippen molar-refractivity contribution in [1.29, 1.82) is 5.26 Å². The number of rotatable bonds is 0. The smallest absolute Gasteiger partial charge is 0.152 e. The van der Waals surface area contributed by atoms with E-state index < -0.39 is 0 Å². The Kier molecular flexibility index (Phi) is 2.98. The topological polar surface area (TPSA) is 49.6 Å². The van der Waals surface area contributed by atoms with Crippen LogP contribution in [0.1, 0.15) is 32.2 Å². The minimum Gasteiger partial charge on any atom is -0.219 e. The second-order valence-corrected chi connectivity index (χ2v) is 4.58. The van der Waals surface area contributed by atoms with Crippen molar-refractivity contribution in [2.24, 2.45) is 0 Å². The van der Waals surface area contributed by atoms with Gasteiger partial charge in [-0.3, -0.25) is 0 Å². The van der Waals surface area contributed by atoms with E-state index in [1.54, 1.807) is 0 Å². The van der Waals surface area contributed by atoms with E-state index in [0.29, 0.717) is 5.82 Å². The summed E-state index contributed by atoms with van der Waals surface area (Å²) in [7, 11) is 0. The first-order chi connectivity index (χ1) is 6.36. The lowest BCUT2D eigenvalue weighted by molar-refractivity contribution is 0.545. The summed E-state index contributed by atoms with van der Waals surface area (Å²) in [6, 6.07) is 1.85. The van der Waals surface area contributed by atoms with E-state index in [9.17, 15) is 0 Å². The molecule has 1 rings (SSSR count). The molecule has 0 saturated heterocycles. The van der Waals surface area contributed by atoms with E-state index in [0.717, 1.165) is 0 Å². The van der Waals surface area contributed by atoms with E-state index in [1.807, 2.05) is 26.8 Å². The third-order valence-corrected chi connectivity index (χ3v) is 2.15. The molecule has 1 aromatic heterocycles. The zero-order valence-corrected chi connectivity index (χ0v) is 9.61. The van der Waals surface area contributed by atoms with Crippen LogP contribution in [0.5, 0.6) is 0 Å². The van der Waals surface area contributed by atoms with E-state index >= 15 is 0 Å². The van der Waals surface area contributed by atoms with Crippen LogP contribution in [0.2, 0.25) is 10.3 Å². The van der Waals surface area contributed by atoms with Gasteiger partial charge in [0.1, 0.15) is 17.5 Å². The van der Waals surface area contributed by atoms with Crippen molar-refractivity contribution >= 4 is 23.2 Å². The molecule has 0 amide bonds. The standard InChI is InChI=1S/C9H9Cl2N3/c1-9(2,3)8-13-6(10)5(4-12)7(11)14-8/h1-3H3. The van der Waals surface area contributed by atoms with Crippen molar-refractivity contribution in [3.63, 3.8) is 0 Å². The summed E-state index contributed by atoms with van der Waals surface area (Å²) in [5, 5.41) is 8.91. The van der Waals surface area contributed by atoms with Gasteiger partial charge in [-0.05, 0) is 0 Å². The van der Waals surface area contributed by atoms with Gasteiger partial charge in [0.2, 0.25) is 0 Å². The van der Waals surface area contributed by atoms with Crippen LogP contribution in [0, 0.1) is 11.3 Å². The van der Waals surface area contributed by atoms with Gasteiger partial charge in [0, 0.05) is 5.41 Å². The summed E-state index contributed by atoms with van der Waals surface area (Å²) in [6.07, 6.45) is 0. The normalized spacial score (nSPS) is 11.1. The zero-order valence-electron chi connectivity index (χ0n) is 8.10. The van der Waals surface area contributed by atoms with Crippen molar-refractivity contribution in [3.8, 4) is 6.07 Å². The van der Waals surface area contributed by atoms with Crippen LogP contribution in [0.3, 0.4) is 0 Å². The first-order valence-electron chi connectivity index (χ1n) is 4.00. The van der Waals surface area contributed by atoms with Crippen molar-refractivity contribution in [1.82, 2.24) is 9.97 Å². The van der Waals surface area contributed by atoms with Crippen LogP contribution >= 0.6 is 23.2 Å². The Morgan fingerprint density at radius 2 is 1.57 bits per heavy atom. The molecule has 0 fully saturated rings. The molecule has 0 atom stereocenters. The Labute approximate surface area is 92.7 Å². The van der Waals surface area contributed by atoms with Crippen LogP contribution in [0.4, 0.5) is 0 Å². The van der Waals surface area contributed by atoms with Gasteiger partial charge in [-0.2, -0.15) is 5.26 Å². The van der Waals surface area contributed by atoms with Crippen LogP contribution in [0.25, 0.3) is 0 Å². The molecule has 74 valence electrons. The van der Waals surface area contributed by atoms with Crippen molar-refractivity contribution in [3.05, 3.63) is 21.7 Å². The number of nitriles is 1. The molecule has 0 aromatic carbocycles. The lowest BCUT2D eigenvalue weighted by Gasteiger charge is -2.16. The van der Waals surface area contributed by atoms with Gasteiger partial charge in [0.05, 0.1) is 0 Å². The minimum atomic E-state index is -0.235. The molecule has 14 heavy (non-hydrogen) atoms. The Hall–Kier alpha value is -0.850. The SMILES string of the molecule is CC(C)(C)c1nc(Cl)c(C#N)c(Cl)n1. The second-order valence-electron chi connectivity index (χ2n) is 3.87. The average Bonchev–Trinajstić information content (AvgIpc) is 2.01. The van der Waals surface area contributed by atoms with Crippen LogP contribution in [-0.2, 0) is 5.41 Å². The van der Waals surface area contributed by atoms with E-state index in [-0.39, 0.29) is 21.3 Å². The predicted octanol–water partition coefficient (Wildman–Crippen LogP) is 2.95. The fourth-order valence-electron chi connectivity index (χ4n) is 0.836. The maximum atomic E-state index is 8.69. The number of nitrogens with zero attached hydrogens (tertiary/aromatic N) is 3. The molecule has 0 unspecified atom stereocenters. The van der Waals surface area contributed by atoms with E-state index in [2.05, 4.69) is 9.97 Å². The van der Waals surface area contributed by atoms with E-state index in [4.69, 9.17) is 28.5 Å². The summed E-state index contributed by atoms with van der Waals surface area (Å²) in [5.41, 5.74) is -0.109. The van der Waals surface area contributed by atoms with Gasteiger partial charge in [-0.1, -0.05) is 44.0 Å². The molecule has 5 heteroatoms. The summed E-state index contributed by atoms with van der Waals surface area (Å²) in [6.45, 7) is 5.84. The molecule has 1 heterocycles. The highest BCUT2D eigenvalue weighted by molar-refractivity contribution is 6.35. The lowest BCUT2D eigenvalue weighted by Crippen LogP contribution is -2.16. The fourth-order valence-corrected chi connectivity index (χ4v) is 1.31. The average molecular weight is 230 g/mol. The Morgan fingerprint density at radius 1 is 1.14 bits per heavy atom. The Morgan fingerprint density at radius 3 is 1.86 bits per heavy atom. The van der Waals surface area contributed by atoms with Crippen molar-refractivity contribution in [2.45, 2.75) is 26.2 Å². The maximum Gasteiger partial charge on any atom is 0.152 e. The molecule has 0 radical (unpaired) electrons. The third-order valence-electron chi connectivity index (χ3n) is 1.60. The molecule has 0 aliphatic heterocycles. The predicted molar refractivity (Wildman–Crippen MR) is 55.5 cm³/mol. The molecule has 0 spiro atoms. The lowest BCUT2D eigenvalue weighted by atomic mass is 9.96. The maximum absolute atomic E-state index is 8.69. The molecule has 1 aromatic rings. The van der Waals surface area contributed by atoms with Gasteiger partial charge >= 0.3 is 0 Å². The molecule has 0 bridgehead atoms. The van der Waals surface area contributed by atoms with Gasteiger partial charge < -0.3 is 0 Å². The molecule has 0 saturated carbocycles. The van der Waals surface area contributed by atoms with Gasteiger partial charge in [-0.15, -0.1) is 0 Å². The number of aromatic nitrogens is 2. The van der Waals surface area contributed by atoms with Crippen LogP contribution in [0.15, 0.2) is 0 Å². The van der Waals surface area contributed by atoms with Gasteiger partial charge in [-0.25, -0.2) is 9.97 Å². The number of halogens is 2. The third kappa shape index (κ3) is 2.14. The van der Waals surface area contributed by atoms with Crippen molar-refractivity contribution in [2.75, 3.05) is 0 Å². The molecular formula is C9H9Cl2N3. The summed E-state index contributed by atoms with van der Waals surface area (Å²) >= 11 is 11.6. The monoisotopic (exact) mass is 229 g/mol. The van der Waals surface area contributed by atoms with E-state index in [1.165, 1.54) is 0 Å². The number of hydrogen-bond acceptors (Lipinski definition) is 3. The minimum absolute atomic E-state index is 0.109. The highest BCUT2D eigenvalue weighted by atomic mass is 35.5. The second kappa shape index (κ2) is 3.72. The fraction of sp³-hybridized carbons (Fsp3) is 0.444. The molecule has 3 nitrogen and oxygen atoms in total.